The Morgan fingerprint density at radius 3 is 2.48 bits per heavy atom. The van der Waals surface area contributed by atoms with E-state index in [2.05, 4.69) is 26.0 Å². The number of rotatable bonds is 4. The van der Waals surface area contributed by atoms with Gasteiger partial charge in [-0.25, -0.2) is 0 Å². The summed E-state index contributed by atoms with van der Waals surface area (Å²) in [5, 5.41) is 4.36. The van der Waals surface area contributed by atoms with E-state index in [-0.39, 0.29) is 5.56 Å². The lowest BCUT2D eigenvalue weighted by Gasteiger charge is -2.07. The van der Waals surface area contributed by atoms with Gasteiger partial charge >= 0.3 is 0 Å². The maximum Gasteiger partial charge on any atom is 0.291 e. The number of hydrogen-bond acceptors (Lipinski definition) is 6. The van der Waals surface area contributed by atoms with Crippen LogP contribution in [0.5, 0.6) is 11.5 Å². The molecule has 2 aromatic carbocycles. The fraction of sp³-hybridized carbons (Fsp3) is 0.105. The molecule has 4 rings (SSSR count). The summed E-state index contributed by atoms with van der Waals surface area (Å²) in [7, 11) is 3.16. The molecule has 8 heteroatoms. The van der Waals surface area contributed by atoms with Crippen LogP contribution in [-0.4, -0.2) is 28.8 Å². The number of aromatic nitrogens is 3. The fourth-order valence-corrected chi connectivity index (χ4v) is 3.82. The molecule has 0 amide bonds. The van der Waals surface area contributed by atoms with Crippen molar-refractivity contribution in [3.8, 4) is 22.9 Å². The molecule has 0 spiro atoms. The molecule has 0 atom stereocenters. The van der Waals surface area contributed by atoms with Crippen LogP contribution in [0, 0.1) is 0 Å². The number of nitrogens with zero attached hydrogens (tertiary/aromatic N) is 3. The zero-order valence-corrected chi connectivity index (χ0v) is 16.9. The van der Waals surface area contributed by atoms with Gasteiger partial charge in [-0.05, 0) is 35.9 Å². The molecule has 0 bridgehead atoms. The van der Waals surface area contributed by atoms with E-state index >= 15 is 0 Å². The van der Waals surface area contributed by atoms with Crippen LogP contribution in [0.1, 0.15) is 5.56 Å². The number of fused-ring (bicyclic) bond motifs is 1. The van der Waals surface area contributed by atoms with Gasteiger partial charge in [-0.3, -0.25) is 4.79 Å². The van der Waals surface area contributed by atoms with Crippen LogP contribution < -0.4 is 19.6 Å². The maximum atomic E-state index is 12.7. The van der Waals surface area contributed by atoms with Gasteiger partial charge in [0.05, 0.1) is 18.8 Å². The third kappa shape index (κ3) is 3.33. The molecule has 4 aromatic rings. The van der Waals surface area contributed by atoms with Gasteiger partial charge in [0.1, 0.15) is 0 Å². The summed E-state index contributed by atoms with van der Waals surface area (Å²) in [6, 6.07) is 13.1. The topological polar surface area (TPSA) is 65.7 Å². The van der Waals surface area contributed by atoms with Gasteiger partial charge in [-0.2, -0.15) is 9.50 Å². The molecule has 27 heavy (non-hydrogen) atoms. The molecule has 0 fully saturated rings. The first-order valence-corrected chi connectivity index (χ1v) is 9.59. The smallest absolute Gasteiger partial charge is 0.291 e. The van der Waals surface area contributed by atoms with Crippen molar-refractivity contribution in [3.63, 3.8) is 0 Å². The molecule has 0 aliphatic rings. The molecule has 0 radical (unpaired) electrons. The van der Waals surface area contributed by atoms with E-state index in [1.165, 1.54) is 15.9 Å². The molecule has 0 unspecified atom stereocenters. The molecule has 0 aliphatic carbocycles. The van der Waals surface area contributed by atoms with Gasteiger partial charge in [0.15, 0.2) is 17.3 Å². The third-order valence-corrected chi connectivity index (χ3v) is 5.48. The van der Waals surface area contributed by atoms with Crippen molar-refractivity contribution in [2.75, 3.05) is 14.2 Å². The Morgan fingerprint density at radius 1 is 1.07 bits per heavy atom. The second kappa shape index (κ2) is 7.13. The molecule has 0 saturated carbocycles. The van der Waals surface area contributed by atoms with E-state index in [9.17, 15) is 4.79 Å². The van der Waals surface area contributed by atoms with Crippen LogP contribution in [0.3, 0.4) is 0 Å². The molecule has 2 aromatic heterocycles. The average molecular weight is 444 g/mol. The number of thiazole rings is 1. The lowest BCUT2D eigenvalue weighted by atomic mass is 10.2. The molecule has 6 nitrogen and oxygen atoms in total. The largest absolute Gasteiger partial charge is 0.493 e. The minimum Gasteiger partial charge on any atom is -0.493 e. The molecule has 0 N–H and O–H groups in total. The van der Waals surface area contributed by atoms with Crippen LogP contribution in [-0.2, 0) is 0 Å². The van der Waals surface area contributed by atoms with E-state index in [1.54, 1.807) is 26.4 Å². The first kappa shape index (κ1) is 17.7. The van der Waals surface area contributed by atoms with Gasteiger partial charge in [-0.15, -0.1) is 5.10 Å². The Bertz CT molecular complexity index is 1230. The zero-order valence-electron chi connectivity index (χ0n) is 14.5. The van der Waals surface area contributed by atoms with Crippen molar-refractivity contribution in [1.82, 2.24) is 14.6 Å². The van der Waals surface area contributed by atoms with Gasteiger partial charge in [0.2, 0.25) is 4.96 Å². The van der Waals surface area contributed by atoms with Gasteiger partial charge in [0, 0.05) is 10.0 Å². The summed E-state index contributed by atoms with van der Waals surface area (Å²) in [6.45, 7) is 0. The van der Waals surface area contributed by atoms with E-state index in [4.69, 9.17) is 9.47 Å². The molecular weight excluding hydrogens is 430 g/mol. The summed E-state index contributed by atoms with van der Waals surface area (Å²) in [6.07, 6.45) is 1.80. The van der Waals surface area contributed by atoms with Gasteiger partial charge in [-0.1, -0.05) is 45.5 Å². The Labute approximate surface area is 166 Å². The Kier molecular flexibility index (Phi) is 4.67. The van der Waals surface area contributed by atoms with E-state index < -0.39 is 0 Å². The Balaban J connectivity index is 1.76. The van der Waals surface area contributed by atoms with Crippen LogP contribution in [0.4, 0.5) is 0 Å². The van der Waals surface area contributed by atoms with Crippen molar-refractivity contribution < 1.29 is 9.47 Å². The highest BCUT2D eigenvalue weighted by Gasteiger charge is 2.12. The van der Waals surface area contributed by atoms with Crippen molar-refractivity contribution >= 4 is 38.3 Å². The van der Waals surface area contributed by atoms with Crippen LogP contribution >= 0.6 is 27.3 Å². The summed E-state index contributed by atoms with van der Waals surface area (Å²) in [5.74, 6) is 1.78. The predicted molar refractivity (Wildman–Crippen MR) is 109 cm³/mol. The number of ether oxygens (including phenoxy) is 2. The highest BCUT2D eigenvalue weighted by molar-refractivity contribution is 9.10. The van der Waals surface area contributed by atoms with Gasteiger partial charge < -0.3 is 9.47 Å². The lowest BCUT2D eigenvalue weighted by molar-refractivity contribution is 0.355. The normalized spacial score (nSPS) is 11.9. The maximum absolute atomic E-state index is 12.7. The molecule has 136 valence electrons. The summed E-state index contributed by atoms with van der Waals surface area (Å²) in [5.41, 5.74) is 1.50. The molecular formula is C19H14BrN3O3S. The van der Waals surface area contributed by atoms with Crippen molar-refractivity contribution in [3.05, 3.63) is 67.4 Å². The SMILES string of the molecule is COc1ccc(C=c2sc3nc(-c4ccc(Br)cc4)nn3c2=O)cc1OC. The zero-order chi connectivity index (χ0) is 19.0. The van der Waals surface area contributed by atoms with Crippen LogP contribution in [0.25, 0.3) is 22.4 Å². The quantitative estimate of drug-likeness (QED) is 0.484. The standard InChI is InChI=1S/C19H14BrN3O3S/c1-25-14-8-3-11(9-15(14)26-2)10-16-18(24)23-19(27-16)21-17(22-23)12-4-6-13(20)7-5-12/h3-10H,1-2H3. The number of hydrogen-bond donors (Lipinski definition) is 0. The minimum atomic E-state index is -0.194. The van der Waals surface area contributed by atoms with E-state index in [0.29, 0.717) is 26.8 Å². The number of halogens is 1. The van der Waals surface area contributed by atoms with Crippen LogP contribution in [0.15, 0.2) is 51.7 Å². The van der Waals surface area contributed by atoms with Gasteiger partial charge in [0.25, 0.3) is 5.56 Å². The number of benzene rings is 2. The average Bonchev–Trinajstić information content (AvgIpc) is 3.22. The number of methoxy groups -OCH3 is 2. The fourth-order valence-electron chi connectivity index (χ4n) is 2.65. The molecule has 2 heterocycles. The third-order valence-electron chi connectivity index (χ3n) is 3.99. The first-order valence-electron chi connectivity index (χ1n) is 7.98. The Hall–Kier alpha value is -2.71. The highest BCUT2D eigenvalue weighted by atomic mass is 79.9. The second-order valence-corrected chi connectivity index (χ2v) is 7.59. The minimum absolute atomic E-state index is 0.194. The summed E-state index contributed by atoms with van der Waals surface area (Å²) < 4.78 is 13.4. The summed E-state index contributed by atoms with van der Waals surface area (Å²) in [4.78, 5) is 17.7. The summed E-state index contributed by atoms with van der Waals surface area (Å²) >= 11 is 4.70. The predicted octanol–water partition coefficient (Wildman–Crippen LogP) is 3.15. The van der Waals surface area contributed by atoms with E-state index in [0.717, 1.165) is 15.6 Å². The highest BCUT2D eigenvalue weighted by Crippen LogP contribution is 2.27. The monoisotopic (exact) mass is 443 g/mol. The molecule has 0 aliphatic heterocycles. The lowest BCUT2D eigenvalue weighted by Crippen LogP contribution is -2.23. The van der Waals surface area contributed by atoms with Crippen LogP contribution in [0.2, 0.25) is 0 Å². The molecule has 0 saturated heterocycles. The van der Waals surface area contributed by atoms with Crippen molar-refractivity contribution in [2.24, 2.45) is 0 Å². The first-order chi connectivity index (χ1) is 13.1. The second-order valence-electron chi connectivity index (χ2n) is 5.67. The van der Waals surface area contributed by atoms with Crippen molar-refractivity contribution in [2.45, 2.75) is 0 Å². The van der Waals surface area contributed by atoms with Crippen molar-refractivity contribution in [1.29, 1.82) is 0 Å². The van der Waals surface area contributed by atoms with E-state index in [1.807, 2.05) is 36.4 Å². The Morgan fingerprint density at radius 2 is 1.81 bits per heavy atom.